The first-order valence-corrected chi connectivity index (χ1v) is 7.16. The molecule has 22 heavy (non-hydrogen) atoms. The van der Waals surface area contributed by atoms with Crippen LogP contribution in [-0.2, 0) is 9.59 Å². The molecule has 6 nitrogen and oxygen atoms in total. The molecule has 0 bridgehead atoms. The highest BCUT2D eigenvalue weighted by atomic mass is 32.1. The number of carbonyl (C=O) groups excluding carboxylic acids is 3. The molecule has 7 heteroatoms. The van der Waals surface area contributed by atoms with Gasteiger partial charge in [-0.2, -0.15) is 12.6 Å². The van der Waals surface area contributed by atoms with Crippen LogP contribution in [0.15, 0.2) is 24.3 Å². The van der Waals surface area contributed by atoms with E-state index in [1.807, 2.05) is 0 Å². The van der Waals surface area contributed by atoms with Gasteiger partial charge in [-0.3, -0.25) is 24.1 Å². The van der Waals surface area contributed by atoms with Crippen molar-refractivity contribution >= 4 is 36.2 Å². The molecule has 0 spiro atoms. The van der Waals surface area contributed by atoms with E-state index in [1.165, 1.54) is 0 Å². The maximum atomic E-state index is 12.1. The second-order valence-electron chi connectivity index (χ2n) is 5.13. The number of nitrogens with zero attached hydrogens (tertiary/aromatic N) is 1. The van der Waals surface area contributed by atoms with Crippen molar-refractivity contribution in [2.45, 2.75) is 24.5 Å². The molecular weight excluding hydrogens is 306 g/mol. The Bertz CT molecular complexity index is 621. The van der Waals surface area contributed by atoms with Crippen LogP contribution in [0.25, 0.3) is 0 Å². The van der Waals surface area contributed by atoms with Gasteiger partial charge in [-0.25, -0.2) is 0 Å². The summed E-state index contributed by atoms with van der Waals surface area (Å²) in [6.45, 7) is 1.21. The van der Waals surface area contributed by atoms with E-state index < -0.39 is 28.3 Å². The third-order valence-electron chi connectivity index (χ3n) is 3.73. The molecule has 0 unspecified atom stereocenters. The number of fused-ring (bicyclic) bond motifs is 1. The minimum atomic E-state index is -1.79. The number of imide groups is 1. The van der Waals surface area contributed by atoms with E-state index in [1.54, 1.807) is 24.3 Å². The monoisotopic (exact) mass is 321 g/mol. The fraction of sp³-hybridized carbons (Fsp3) is 0.333. The number of amides is 2. The van der Waals surface area contributed by atoms with Crippen LogP contribution in [0.3, 0.4) is 0 Å². The molecule has 1 atom stereocenters. The Morgan fingerprint density at radius 2 is 1.68 bits per heavy atom. The van der Waals surface area contributed by atoms with Crippen molar-refractivity contribution in [1.29, 1.82) is 0 Å². The number of rotatable bonds is 6. The van der Waals surface area contributed by atoms with Crippen LogP contribution in [0.5, 0.6) is 0 Å². The summed E-state index contributed by atoms with van der Waals surface area (Å²) in [7, 11) is 0. The summed E-state index contributed by atoms with van der Waals surface area (Å²) < 4.78 is -1.79. The van der Waals surface area contributed by atoms with Crippen molar-refractivity contribution in [3.8, 4) is 0 Å². The standard InChI is InChI=1S/C15H15NO5S/c1-9(17)15(22,14(20)21)7-4-8-16-12(18)10-5-2-3-6-11(10)13(16)19/h2-3,5-6,22H,4,7-8H2,1H3,(H,20,21)/t15-/m0/s1. The fourth-order valence-corrected chi connectivity index (χ4v) is 2.53. The Labute approximate surface area is 132 Å². The summed E-state index contributed by atoms with van der Waals surface area (Å²) in [6.07, 6.45) is 0.120. The van der Waals surface area contributed by atoms with E-state index in [2.05, 4.69) is 12.6 Å². The molecule has 1 N–H and O–H groups in total. The number of carbonyl (C=O) groups is 4. The summed E-state index contributed by atoms with van der Waals surface area (Å²) >= 11 is 3.94. The lowest BCUT2D eigenvalue weighted by molar-refractivity contribution is -0.143. The maximum absolute atomic E-state index is 12.1. The lowest BCUT2D eigenvalue weighted by atomic mass is 9.98. The predicted molar refractivity (Wildman–Crippen MR) is 81.1 cm³/mol. The zero-order valence-electron chi connectivity index (χ0n) is 11.9. The van der Waals surface area contributed by atoms with Crippen LogP contribution in [0.1, 0.15) is 40.5 Å². The zero-order valence-corrected chi connectivity index (χ0v) is 12.8. The third kappa shape index (κ3) is 2.64. The van der Waals surface area contributed by atoms with Gasteiger partial charge in [0.05, 0.1) is 11.1 Å². The average molecular weight is 321 g/mol. The van der Waals surface area contributed by atoms with Crippen molar-refractivity contribution < 1.29 is 24.3 Å². The van der Waals surface area contributed by atoms with E-state index in [-0.39, 0.29) is 19.4 Å². The van der Waals surface area contributed by atoms with Crippen LogP contribution >= 0.6 is 12.6 Å². The quantitative estimate of drug-likeness (QED) is 0.469. The second-order valence-corrected chi connectivity index (χ2v) is 5.90. The van der Waals surface area contributed by atoms with Crippen LogP contribution in [0, 0.1) is 0 Å². The van der Waals surface area contributed by atoms with Crippen LogP contribution < -0.4 is 0 Å². The molecule has 1 aromatic rings. The Balaban J connectivity index is 2.05. The van der Waals surface area contributed by atoms with Gasteiger partial charge in [0.25, 0.3) is 11.8 Å². The number of hydrogen-bond acceptors (Lipinski definition) is 5. The zero-order chi connectivity index (χ0) is 16.5. The highest BCUT2D eigenvalue weighted by Crippen LogP contribution is 2.26. The van der Waals surface area contributed by atoms with Crippen molar-refractivity contribution in [3.63, 3.8) is 0 Å². The lowest BCUT2D eigenvalue weighted by Gasteiger charge is -2.21. The van der Waals surface area contributed by atoms with E-state index in [4.69, 9.17) is 5.11 Å². The number of thiol groups is 1. The molecule has 0 radical (unpaired) electrons. The van der Waals surface area contributed by atoms with Gasteiger partial charge in [0.2, 0.25) is 0 Å². The number of carboxylic acid groups (broad SMARTS) is 1. The van der Waals surface area contributed by atoms with Gasteiger partial charge < -0.3 is 5.11 Å². The van der Waals surface area contributed by atoms with Gasteiger partial charge in [-0.05, 0) is 31.9 Å². The van der Waals surface area contributed by atoms with Gasteiger partial charge in [0.1, 0.15) is 0 Å². The molecule has 1 aliphatic rings. The van der Waals surface area contributed by atoms with Gasteiger partial charge in [-0.1, -0.05) is 12.1 Å². The predicted octanol–water partition coefficient (Wildman–Crippen LogP) is 1.41. The van der Waals surface area contributed by atoms with Crippen LogP contribution in [0.2, 0.25) is 0 Å². The first-order valence-electron chi connectivity index (χ1n) is 6.71. The fourth-order valence-electron chi connectivity index (χ4n) is 2.37. The molecule has 1 heterocycles. The van der Waals surface area contributed by atoms with Gasteiger partial charge >= 0.3 is 5.97 Å². The largest absolute Gasteiger partial charge is 0.480 e. The van der Waals surface area contributed by atoms with Crippen molar-refractivity contribution in [2.75, 3.05) is 6.54 Å². The molecule has 0 aromatic heterocycles. The summed E-state index contributed by atoms with van der Waals surface area (Å²) in [6, 6.07) is 6.50. The molecule has 2 rings (SSSR count). The summed E-state index contributed by atoms with van der Waals surface area (Å²) in [5.74, 6) is -2.71. The number of carboxylic acids is 1. The second kappa shape index (κ2) is 5.92. The van der Waals surface area contributed by atoms with Gasteiger partial charge in [0.15, 0.2) is 10.5 Å². The number of hydrogen-bond donors (Lipinski definition) is 2. The molecular formula is C15H15NO5S. The van der Waals surface area contributed by atoms with E-state index >= 15 is 0 Å². The molecule has 0 saturated heterocycles. The Kier molecular flexibility index (Phi) is 4.37. The Hall–Kier alpha value is -2.15. The minimum Gasteiger partial charge on any atom is -0.480 e. The van der Waals surface area contributed by atoms with Crippen molar-refractivity contribution in [3.05, 3.63) is 35.4 Å². The normalized spacial score (nSPS) is 16.4. The van der Waals surface area contributed by atoms with Crippen LogP contribution in [-0.4, -0.2) is 44.9 Å². The lowest BCUT2D eigenvalue weighted by Crippen LogP contribution is -2.41. The third-order valence-corrected chi connectivity index (χ3v) is 4.46. The number of benzene rings is 1. The summed E-state index contributed by atoms with van der Waals surface area (Å²) in [4.78, 5) is 47.9. The first kappa shape index (κ1) is 16.2. The van der Waals surface area contributed by atoms with Crippen molar-refractivity contribution in [1.82, 2.24) is 4.90 Å². The highest BCUT2D eigenvalue weighted by Gasteiger charge is 2.40. The molecule has 0 saturated carbocycles. The highest BCUT2D eigenvalue weighted by molar-refractivity contribution is 7.83. The molecule has 0 fully saturated rings. The number of ketones is 1. The van der Waals surface area contributed by atoms with E-state index in [0.717, 1.165) is 11.8 Å². The molecule has 116 valence electrons. The number of aliphatic carboxylic acids is 1. The molecule has 1 aliphatic heterocycles. The van der Waals surface area contributed by atoms with Crippen LogP contribution in [0.4, 0.5) is 0 Å². The minimum absolute atomic E-state index is 0.0508. The molecule has 2 amide bonds. The van der Waals surface area contributed by atoms with Gasteiger partial charge in [-0.15, -0.1) is 0 Å². The summed E-state index contributed by atoms with van der Waals surface area (Å²) in [5.41, 5.74) is 0.684. The smallest absolute Gasteiger partial charge is 0.327 e. The SMILES string of the molecule is CC(=O)[C@@](S)(CCCN1C(=O)c2ccccc2C1=O)C(=O)O. The molecule has 1 aromatic carbocycles. The van der Waals surface area contributed by atoms with Crippen molar-refractivity contribution in [2.24, 2.45) is 0 Å². The van der Waals surface area contributed by atoms with Gasteiger partial charge in [0, 0.05) is 6.54 Å². The maximum Gasteiger partial charge on any atom is 0.327 e. The first-order chi connectivity index (χ1) is 10.3. The average Bonchev–Trinajstić information content (AvgIpc) is 2.72. The summed E-state index contributed by atoms with van der Waals surface area (Å²) in [5, 5.41) is 9.10. The van der Waals surface area contributed by atoms with E-state index in [0.29, 0.717) is 11.1 Å². The topological polar surface area (TPSA) is 91.8 Å². The number of Topliss-reactive ketones (excluding diaryl/α,β-unsaturated/α-hetero) is 1. The molecule has 0 aliphatic carbocycles. The Morgan fingerprint density at radius 3 is 2.09 bits per heavy atom. The van der Waals surface area contributed by atoms with E-state index in [9.17, 15) is 19.2 Å². The Morgan fingerprint density at radius 1 is 1.18 bits per heavy atom.